The van der Waals surface area contributed by atoms with Gasteiger partial charge in [-0.25, -0.2) is 13.2 Å². The predicted molar refractivity (Wildman–Crippen MR) is 110 cm³/mol. The second-order valence-corrected chi connectivity index (χ2v) is 10.3. The van der Waals surface area contributed by atoms with Gasteiger partial charge in [0.05, 0.1) is 5.37 Å². The predicted octanol–water partition coefficient (Wildman–Crippen LogP) is 4.30. The summed E-state index contributed by atoms with van der Waals surface area (Å²) in [7, 11) is -3.99. The second kappa shape index (κ2) is 7.09. The molecule has 1 atom stereocenters. The van der Waals surface area contributed by atoms with Crippen molar-refractivity contribution in [1.29, 1.82) is 0 Å². The Kier molecular flexibility index (Phi) is 4.92. The van der Waals surface area contributed by atoms with E-state index >= 15 is 0 Å². The lowest BCUT2D eigenvalue weighted by Gasteiger charge is -2.23. The Labute approximate surface area is 169 Å². The standard InChI is InChI=1S/C19H16BrNO4S2/c1-12-2-4-13(5-3-12)18-21(8-9-26-18)27(23,24)17-11-14-10-15(20)6-7-16(14)25-19(17)22/h2-7,10-11,18H,8-9H2,1H3. The SMILES string of the molecule is Cc1ccc(C2SCCN2S(=O)(=O)c2cc3cc(Br)ccc3oc2=O)cc1. The van der Waals surface area contributed by atoms with Crippen molar-refractivity contribution in [3.8, 4) is 0 Å². The molecule has 27 heavy (non-hydrogen) atoms. The molecule has 5 nitrogen and oxygen atoms in total. The van der Waals surface area contributed by atoms with Crippen molar-refractivity contribution in [2.45, 2.75) is 17.2 Å². The maximum Gasteiger partial charge on any atom is 0.356 e. The minimum atomic E-state index is -3.99. The van der Waals surface area contributed by atoms with Crippen molar-refractivity contribution >= 4 is 48.7 Å². The molecule has 0 spiro atoms. The van der Waals surface area contributed by atoms with Crippen molar-refractivity contribution in [3.05, 3.63) is 74.6 Å². The normalized spacial score (nSPS) is 18.2. The van der Waals surface area contributed by atoms with Crippen molar-refractivity contribution in [3.63, 3.8) is 0 Å². The first-order valence-electron chi connectivity index (χ1n) is 8.30. The highest BCUT2D eigenvalue weighted by atomic mass is 79.9. The number of sulfonamides is 1. The molecule has 8 heteroatoms. The zero-order chi connectivity index (χ0) is 19.2. The Bertz CT molecular complexity index is 1170. The van der Waals surface area contributed by atoms with Gasteiger partial charge in [-0.1, -0.05) is 45.8 Å². The van der Waals surface area contributed by atoms with Crippen LogP contribution in [0.4, 0.5) is 0 Å². The number of benzene rings is 2. The molecular weight excluding hydrogens is 450 g/mol. The Morgan fingerprint density at radius 2 is 1.89 bits per heavy atom. The summed E-state index contributed by atoms with van der Waals surface area (Å²) < 4.78 is 34.0. The van der Waals surface area contributed by atoms with E-state index in [1.165, 1.54) is 10.4 Å². The lowest BCUT2D eigenvalue weighted by atomic mass is 10.1. The van der Waals surface area contributed by atoms with Gasteiger partial charge in [0.25, 0.3) is 10.0 Å². The first-order chi connectivity index (χ1) is 12.9. The number of halogens is 1. The smallest absolute Gasteiger partial charge is 0.356 e. The molecule has 0 saturated carbocycles. The van der Waals surface area contributed by atoms with Crippen molar-refractivity contribution < 1.29 is 12.8 Å². The van der Waals surface area contributed by atoms with Crippen molar-refractivity contribution in [2.24, 2.45) is 0 Å². The van der Waals surface area contributed by atoms with Crippen LogP contribution in [0, 0.1) is 6.92 Å². The third-order valence-corrected chi connectivity index (χ3v) is 8.20. The molecule has 0 N–H and O–H groups in total. The molecule has 0 bridgehead atoms. The molecular formula is C19H16BrNO4S2. The van der Waals surface area contributed by atoms with Gasteiger partial charge in [-0.05, 0) is 36.8 Å². The number of fused-ring (bicyclic) bond motifs is 1. The Morgan fingerprint density at radius 3 is 2.63 bits per heavy atom. The quantitative estimate of drug-likeness (QED) is 0.539. The highest BCUT2D eigenvalue weighted by Crippen LogP contribution is 2.41. The van der Waals surface area contributed by atoms with Gasteiger partial charge in [0.2, 0.25) is 0 Å². The Morgan fingerprint density at radius 1 is 1.15 bits per heavy atom. The fourth-order valence-electron chi connectivity index (χ4n) is 3.08. The Hall–Kier alpha value is -1.61. The van der Waals surface area contributed by atoms with Gasteiger partial charge in [0.1, 0.15) is 5.58 Å². The van der Waals surface area contributed by atoms with E-state index in [-0.39, 0.29) is 10.3 Å². The monoisotopic (exact) mass is 465 g/mol. The zero-order valence-corrected chi connectivity index (χ0v) is 17.6. The zero-order valence-electron chi connectivity index (χ0n) is 14.4. The van der Waals surface area contributed by atoms with Gasteiger partial charge >= 0.3 is 5.63 Å². The van der Waals surface area contributed by atoms with E-state index in [9.17, 15) is 13.2 Å². The Balaban J connectivity index is 1.80. The molecule has 2 heterocycles. The van der Waals surface area contributed by atoms with E-state index in [0.29, 0.717) is 23.3 Å². The minimum absolute atomic E-state index is 0.326. The maximum absolute atomic E-state index is 13.3. The van der Waals surface area contributed by atoms with Gasteiger partial charge in [-0.3, -0.25) is 0 Å². The summed E-state index contributed by atoms with van der Waals surface area (Å²) in [5, 5.41) is 0.203. The molecule has 0 radical (unpaired) electrons. The molecule has 4 rings (SSSR count). The average Bonchev–Trinajstić information content (AvgIpc) is 3.12. The van der Waals surface area contributed by atoms with Crippen molar-refractivity contribution in [1.82, 2.24) is 4.31 Å². The molecule has 1 fully saturated rings. The molecule has 140 valence electrons. The van der Waals surface area contributed by atoms with Gasteiger partial charge in [0, 0.05) is 22.2 Å². The van der Waals surface area contributed by atoms with Crippen LogP contribution in [0.3, 0.4) is 0 Å². The van der Waals surface area contributed by atoms with Gasteiger partial charge in [-0.2, -0.15) is 4.31 Å². The molecule has 1 aliphatic heterocycles. The number of thioether (sulfide) groups is 1. The average molecular weight is 466 g/mol. The summed E-state index contributed by atoms with van der Waals surface area (Å²) in [4.78, 5) is 12.1. The van der Waals surface area contributed by atoms with Crippen molar-refractivity contribution in [2.75, 3.05) is 12.3 Å². The van der Waals surface area contributed by atoms with E-state index in [0.717, 1.165) is 15.6 Å². The van der Waals surface area contributed by atoms with Crippen LogP contribution < -0.4 is 5.63 Å². The summed E-state index contributed by atoms with van der Waals surface area (Å²) >= 11 is 4.90. The van der Waals surface area contributed by atoms with Crippen LogP contribution in [0.2, 0.25) is 0 Å². The fourth-order valence-corrected chi connectivity index (χ4v) is 6.73. The highest BCUT2D eigenvalue weighted by molar-refractivity contribution is 9.10. The van der Waals surface area contributed by atoms with Crippen LogP contribution in [0.5, 0.6) is 0 Å². The number of hydrogen-bond acceptors (Lipinski definition) is 5. The van der Waals surface area contributed by atoms with Crippen LogP contribution >= 0.6 is 27.7 Å². The van der Waals surface area contributed by atoms with Gasteiger partial charge < -0.3 is 4.42 Å². The first-order valence-corrected chi connectivity index (χ1v) is 11.6. The first kappa shape index (κ1) is 18.7. The summed E-state index contributed by atoms with van der Waals surface area (Å²) in [6.45, 7) is 2.33. The van der Waals surface area contributed by atoms with Crippen LogP contribution in [0.1, 0.15) is 16.5 Å². The number of aryl methyl sites for hydroxylation is 1. The van der Waals surface area contributed by atoms with Gasteiger partial charge in [0.15, 0.2) is 4.90 Å². The molecule has 1 saturated heterocycles. The van der Waals surface area contributed by atoms with Gasteiger partial charge in [-0.15, -0.1) is 11.8 Å². The van der Waals surface area contributed by atoms with E-state index in [2.05, 4.69) is 15.9 Å². The number of rotatable bonds is 3. The largest absolute Gasteiger partial charge is 0.422 e. The second-order valence-electron chi connectivity index (χ2n) is 6.33. The number of hydrogen-bond donors (Lipinski definition) is 0. The molecule has 1 aliphatic rings. The molecule has 1 aromatic heterocycles. The molecule has 0 amide bonds. The molecule has 1 unspecified atom stereocenters. The summed E-state index contributed by atoms with van der Waals surface area (Å²) in [5.41, 5.74) is 1.52. The highest BCUT2D eigenvalue weighted by Gasteiger charge is 2.38. The van der Waals surface area contributed by atoms with E-state index in [1.807, 2.05) is 31.2 Å². The third-order valence-electron chi connectivity index (χ3n) is 4.46. The lowest BCUT2D eigenvalue weighted by molar-refractivity contribution is 0.429. The topological polar surface area (TPSA) is 67.6 Å². The van der Waals surface area contributed by atoms with Crippen LogP contribution in [-0.2, 0) is 10.0 Å². The number of nitrogens with zero attached hydrogens (tertiary/aromatic N) is 1. The van der Waals surface area contributed by atoms with Crippen LogP contribution in [0.15, 0.2) is 67.1 Å². The maximum atomic E-state index is 13.3. The summed E-state index contributed by atoms with van der Waals surface area (Å²) in [6.07, 6.45) is 0. The van der Waals surface area contributed by atoms with Crippen LogP contribution in [-0.4, -0.2) is 25.0 Å². The molecule has 0 aliphatic carbocycles. The third kappa shape index (κ3) is 3.47. The van der Waals surface area contributed by atoms with E-state index in [1.54, 1.807) is 30.0 Å². The molecule has 2 aromatic carbocycles. The van der Waals surface area contributed by atoms with Crippen LogP contribution in [0.25, 0.3) is 11.0 Å². The summed E-state index contributed by atoms with van der Waals surface area (Å²) in [5.74, 6) is 0.669. The minimum Gasteiger partial charge on any atom is -0.422 e. The lowest BCUT2D eigenvalue weighted by Crippen LogP contribution is -2.33. The molecule has 3 aromatic rings. The fraction of sp³-hybridized carbons (Fsp3) is 0.211. The van der Waals surface area contributed by atoms with E-state index < -0.39 is 15.6 Å². The van der Waals surface area contributed by atoms with E-state index in [4.69, 9.17) is 4.42 Å². The summed E-state index contributed by atoms with van der Waals surface area (Å²) in [6, 6.07) is 14.3.